The van der Waals surface area contributed by atoms with Gasteiger partial charge < -0.3 is 0 Å². The molecule has 1 atom stereocenters. The van der Waals surface area contributed by atoms with Crippen molar-refractivity contribution in [2.24, 2.45) is 0 Å². The third-order valence-corrected chi connectivity index (χ3v) is 5.28. The molecule has 0 aromatic heterocycles. The standard InChI is InChI=1S/C14H19BrSSi/c1-5-12(10-11-17(2,3)4)16-14-9-7-6-8-13(14)15/h6-9,12H,5H2,1-4H3. The van der Waals surface area contributed by atoms with Crippen LogP contribution < -0.4 is 0 Å². The molecule has 0 fully saturated rings. The van der Waals surface area contributed by atoms with Gasteiger partial charge in [0, 0.05) is 9.37 Å². The van der Waals surface area contributed by atoms with E-state index in [2.05, 4.69) is 72.2 Å². The number of benzene rings is 1. The summed E-state index contributed by atoms with van der Waals surface area (Å²) in [5, 5.41) is 0.403. The predicted octanol–water partition coefficient (Wildman–Crippen LogP) is 5.20. The second-order valence-electron chi connectivity index (χ2n) is 4.96. The van der Waals surface area contributed by atoms with Crippen molar-refractivity contribution in [3.63, 3.8) is 0 Å². The molecule has 1 rings (SSSR count). The zero-order valence-electron chi connectivity index (χ0n) is 10.9. The molecular formula is C14H19BrSSi. The van der Waals surface area contributed by atoms with Crippen LogP contribution in [0.15, 0.2) is 33.6 Å². The second kappa shape index (κ2) is 6.68. The largest absolute Gasteiger partial charge is 0.131 e. The topological polar surface area (TPSA) is 0 Å². The minimum atomic E-state index is -1.25. The molecule has 1 aromatic carbocycles. The molecule has 0 spiro atoms. The Labute approximate surface area is 119 Å². The summed E-state index contributed by atoms with van der Waals surface area (Å²) in [6, 6.07) is 8.35. The van der Waals surface area contributed by atoms with Gasteiger partial charge in [0.1, 0.15) is 8.07 Å². The van der Waals surface area contributed by atoms with E-state index in [9.17, 15) is 0 Å². The van der Waals surface area contributed by atoms with Crippen LogP contribution in [0.1, 0.15) is 13.3 Å². The Morgan fingerprint density at radius 3 is 2.47 bits per heavy atom. The average molecular weight is 327 g/mol. The van der Waals surface area contributed by atoms with Crippen LogP contribution in [0.3, 0.4) is 0 Å². The first-order valence-electron chi connectivity index (χ1n) is 5.86. The Hall–Kier alpha value is -0.173. The summed E-state index contributed by atoms with van der Waals surface area (Å²) in [5.74, 6) is 3.44. The summed E-state index contributed by atoms with van der Waals surface area (Å²) in [6.45, 7) is 9.06. The molecule has 0 bridgehead atoms. The molecule has 0 amide bonds. The van der Waals surface area contributed by atoms with Crippen LogP contribution >= 0.6 is 27.7 Å². The number of thioether (sulfide) groups is 1. The first kappa shape index (κ1) is 14.9. The molecule has 0 nitrogen and oxygen atoms in total. The van der Waals surface area contributed by atoms with E-state index >= 15 is 0 Å². The normalized spacial score (nSPS) is 12.8. The Morgan fingerprint density at radius 1 is 1.29 bits per heavy atom. The van der Waals surface area contributed by atoms with E-state index in [0.29, 0.717) is 5.25 Å². The summed E-state index contributed by atoms with van der Waals surface area (Å²) in [4.78, 5) is 1.28. The average Bonchev–Trinajstić information content (AvgIpc) is 2.25. The minimum Gasteiger partial charge on any atom is -0.131 e. The van der Waals surface area contributed by atoms with Crippen molar-refractivity contribution < 1.29 is 0 Å². The number of hydrogen-bond acceptors (Lipinski definition) is 1. The van der Waals surface area contributed by atoms with Crippen LogP contribution in [0.2, 0.25) is 19.6 Å². The van der Waals surface area contributed by atoms with E-state index in [4.69, 9.17) is 0 Å². The van der Waals surface area contributed by atoms with E-state index in [-0.39, 0.29) is 0 Å². The quantitative estimate of drug-likeness (QED) is 0.418. The molecule has 17 heavy (non-hydrogen) atoms. The maximum absolute atomic E-state index is 3.58. The maximum Gasteiger partial charge on any atom is 0.129 e. The van der Waals surface area contributed by atoms with Gasteiger partial charge >= 0.3 is 0 Å². The highest BCUT2D eigenvalue weighted by molar-refractivity contribution is 9.10. The number of rotatable bonds is 3. The molecule has 0 saturated carbocycles. The van der Waals surface area contributed by atoms with E-state index in [1.807, 2.05) is 17.8 Å². The van der Waals surface area contributed by atoms with Crippen LogP contribution in [-0.2, 0) is 0 Å². The van der Waals surface area contributed by atoms with E-state index in [1.54, 1.807) is 0 Å². The van der Waals surface area contributed by atoms with Crippen molar-refractivity contribution in [2.45, 2.75) is 43.1 Å². The van der Waals surface area contributed by atoms with Gasteiger partial charge in [-0.05, 0) is 34.5 Å². The Balaban J connectivity index is 2.77. The fraction of sp³-hybridized carbons (Fsp3) is 0.429. The van der Waals surface area contributed by atoms with Gasteiger partial charge in [0.25, 0.3) is 0 Å². The third kappa shape index (κ3) is 5.81. The SMILES string of the molecule is CCC(C#C[Si](C)(C)C)Sc1ccccc1Br. The minimum absolute atomic E-state index is 0.403. The number of hydrogen-bond donors (Lipinski definition) is 0. The monoisotopic (exact) mass is 326 g/mol. The van der Waals surface area contributed by atoms with Crippen LogP contribution in [0.4, 0.5) is 0 Å². The highest BCUT2D eigenvalue weighted by atomic mass is 79.9. The smallest absolute Gasteiger partial charge is 0.129 e. The molecule has 0 N–H and O–H groups in total. The molecule has 3 heteroatoms. The predicted molar refractivity (Wildman–Crippen MR) is 85.2 cm³/mol. The van der Waals surface area contributed by atoms with Gasteiger partial charge in [0.2, 0.25) is 0 Å². The van der Waals surface area contributed by atoms with Crippen molar-refractivity contribution in [1.82, 2.24) is 0 Å². The first-order chi connectivity index (χ1) is 7.92. The molecule has 1 aromatic rings. The molecule has 0 radical (unpaired) electrons. The van der Waals surface area contributed by atoms with E-state index < -0.39 is 8.07 Å². The lowest BCUT2D eigenvalue weighted by atomic mass is 10.3. The van der Waals surface area contributed by atoms with Gasteiger partial charge in [-0.2, -0.15) is 0 Å². The van der Waals surface area contributed by atoms with E-state index in [0.717, 1.165) is 6.42 Å². The van der Waals surface area contributed by atoms with Gasteiger partial charge in [-0.3, -0.25) is 0 Å². The molecule has 92 valence electrons. The summed E-state index contributed by atoms with van der Waals surface area (Å²) < 4.78 is 1.17. The van der Waals surface area contributed by atoms with E-state index in [1.165, 1.54) is 9.37 Å². The summed E-state index contributed by atoms with van der Waals surface area (Å²) in [5.41, 5.74) is 3.47. The molecule has 0 heterocycles. The molecule has 0 aliphatic heterocycles. The fourth-order valence-electron chi connectivity index (χ4n) is 1.21. The van der Waals surface area contributed by atoms with Crippen LogP contribution in [0, 0.1) is 11.5 Å². The Bertz CT molecular complexity index is 426. The number of halogens is 1. The highest BCUT2D eigenvalue weighted by Crippen LogP contribution is 2.31. The van der Waals surface area contributed by atoms with Crippen LogP contribution in [0.5, 0.6) is 0 Å². The van der Waals surface area contributed by atoms with Crippen molar-refractivity contribution in [1.29, 1.82) is 0 Å². The molecule has 0 aliphatic rings. The Morgan fingerprint density at radius 2 is 1.94 bits per heavy atom. The Kier molecular flexibility index (Phi) is 5.85. The third-order valence-electron chi connectivity index (χ3n) is 2.08. The lowest BCUT2D eigenvalue weighted by Gasteiger charge is -2.11. The van der Waals surface area contributed by atoms with Gasteiger partial charge in [-0.15, -0.1) is 17.3 Å². The fourth-order valence-corrected chi connectivity index (χ4v) is 3.41. The van der Waals surface area contributed by atoms with Gasteiger partial charge in [0.05, 0.1) is 5.25 Å². The first-order valence-corrected chi connectivity index (χ1v) is 11.0. The van der Waals surface area contributed by atoms with Crippen molar-refractivity contribution in [3.8, 4) is 11.5 Å². The van der Waals surface area contributed by atoms with Gasteiger partial charge in [-0.25, -0.2) is 0 Å². The lowest BCUT2D eigenvalue weighted by Crippen LogP contribution is -2.17. The zero-order valence-corrected chi connectivity index (χ0v) is 14.3. The molecular weight excluding hydrogens is 308 g/mol. The molecule has 0 saturated heterocycles. The summed E-state index contributed by atoms with van der Waals surface area (Å²) >= 11 is 5.44. The van der Waals surface area contributed by atoms with Crippen molar-refractivity contribution in [2.75, 3.05) is 0 Å². The summed E-state index contributed by atoms with van der Waals surface area (Å²) in [6.07, 6.45) is 1.09. The molecule has 0 aliphatic carbocycles. The zero-order chi connectivity index (χ0) is 12.9. The lowest BCUT2D eigenvalue weighted by molar-refractivity contribution is 0.999. The van der Waals surface area contributed by atoms with Crippen molar-refractivity contribution in [3.05, 3.63) is 28.7 Å². The highest BCUT2D eigenvalue weighted by Gasteiger charge is 2.11. The van der Waals surface area contributed by atoms with Gasteiger partial charge in [-0.1, -0.05) is 44.6 Å². The maximum atomic E-state index is 3.58. The van der Waals surface area contributed by atoms with Gasteiger partial charge in [0.15, 0.2) is 0 Å². The summed E-state index contributed by atoms with van der Waals surface area (Å²) in [7, 11) is -1.25. The van der Waals surface area contributed by atoms with Crippen molar-refractivity contribution >= 4 is 35.8 Å². The second-order valence-corrected chi connectivity index (χ2v) is 11.8. The van der Waals surface area contributed by atoms with Crippen LogP contribution in [-0.4, -0.2) is 13.3 Å². The van der Waals surface area contributed by atoms with Crippen LogP contribution in [0.25, 0.3) is 0 Å². The molecule has 1 unspecified atom stereocenters.